The molecule has 0 aliphatic heterocycles. The summed E-state index contributed by atoms with van der Waals surface area (Å²) in [5, 5.41) is 0. The summed E-state index contributed by atoms with van der Waals surface area (Å²) in [5.41, 5.74) is -0.539. The maximum absolute atomic E-state index is 11.6. The lowest BCUT2D eigenvalue weighted by molar-refractivity contribution is 0.0909. The van der Waals surface area contributed by atoms with Crippen molar-refractivity contribution >= 4 is 15.6 Å². The Morgan fingerprint density at radius 2 is 1.50 bits per heavy atom. The molecule has 140 valence electrons. The number of allylic oxidation sites excluding steroid dienone is 5. The van der Waals surface area contributed by atoms with E-state index in [1.54, 1.807) is 6.92 Å². The van der Waals surface area contributed by atoms with Crippen LogP contribution in [0.15, 0.2) is 36.0 Å². The molecule has 0 heterocycles. The smallest absolute Gasteiger partial charge is 0.302 e. The van der Waals surface area contributed by atoms with Crippen molar-refractivity contribution in [1.29, 1.82) is 0 Å². The van der Waals surface area contributed by atoms with Crippen LogP contribution in [0.5, 0.6) is 0 Å². The molecular formula is C15H28O7P2. The first kappa shape index (κ1) is 23.5. The van der Waals surface area contributed by atoms with Gasteiger partial charge in [-0.3, -0.25) is 4.52 Å². The van der Waals surface area contributed by atoms with Gasteiger partial charge in [-0.2, -0.15) is 4.31 Å². The van der Waals surface area contributed by atoms with Crippen molar-refractivity contribution < 1.29 is 32.6 Å². The highest BCUT2D eigenvalue weighted by Crippen LogP contribution is 2.59. The van der Waals surface area contributed by atoms with Crippen LogP contribution in [-0.4, -0.2) is 20.3 Å². The van der Waals surface area contributed by atoms with Crippen molar-refractivity contribution in [1.82, 2.24) is 0 Å². The molecular weight excluding hydrogens is 354 g/mol. The van der Waals surface area contributed by atoms with E-state index >= 15 is 0 Å². The Balaban J connectivity index is 4.52. The Bertz CT molecular complexity index is 558. The Morgan fingerprint density at radius 3 is 2.00 bits per heavy atom. The molecule has 0 aromatic rings. The van der Waals surface area contributed by atoms with Gasteiger partial charge in [-0.15, -0.1) is 0 Å². The molecule has 7 nitrogen and oxygen atoms in total. The second-order valence-electron chi connectivity index (χ2n) is 5.72. The molecule has 3 N–H and O–H groups in total. The molecule has 1 atom stereocenters. The highest BCUT2D eigenvalue weighted by atomic mass is 31.3. The molecule has 1 unspecified atom stereocenters. The van der Waals surface area contributed by atoms with Crippen molar-refractivity contribution in [2.24, 2.45) is 0 Å². The molecule has 9 heteroatoms. The zero-order chi connectivity index (χ0) is 18.9. The lowest BCUT2D eigenvalue weighted by Gasteiger charge is -2.28. The highest BCUT2D eigenvalue weighted by Gasteiger charge is 2.38. The standard InChI is InChI=1S/C15H28O7P2/c1-5-6-7-8-9-10-11-12-13-14(2)15(3,4)21-24(19,20)22-23(16,17)18/h5-6,9-10,13H,7-8,11-12H2,1-4H3,(H,19,20)(H2,16,17,18). The Labute approximate surface area is 143 Å². The van der Waals surface area contributed by atoms with E-state index in [0.717, 1.165) is 19.3 Å². The Kier molecular flexibility index (Phi) is 10.2. The van der Waals surface area contributed by atoms with Crippen LogP contribution in [0, 0.1) is 0 Å². The predicted octanol–water partition coefficient (Wildman–Crippen LogP) is 4.63. The number of rotatable bonds is 11. The van der Waals surface area contributed by atoms with Crippen LogP contribution in [0.4, 0.5) is 0 Å². The molecule has 0 amide bonds. The van der Waals surface area contributed by atoms with Crippen molar-refractivity contribution in [2.45, 2.75) is 59.0 Å². The topological polar surface area (TPSA) is 113 Å². The Morgan fingerprint density at radius 1 is 1.00 bits per heavy atom. The molecule has 0 spiro atoms. The van der Waals surface area contributed by atoms with Gasteiger partial charge < -0.3 is 14.7 Å². The summed E-state index contributed by atoms with van der Waals surface area (Å²) in [5.74, 6) is 0. The fraction of sp³-hybridized carbons (Fsp3) is 0.600. The van der Waals surface area contributed by atoms with Gasteiger partial charge in [0.1, 0.15) is 0 Å². The molecule has 24 heavy (non-hydrogen) atoms. The van der Waals surface area contributed by atoms with Crippen LogP contribution in [0.25, 0.3) is 0 Å². The SMILES string of the molecule is CC=CCCC=CCCC=C(C)C(C)(C)OP(=O)(O)OP(=O)(O)O. The maximum atomic E-state index is 11.6. The van der Waals surface area contributed by atoms with Gasteiger partial charge in [0, 0.05) is 0 Å². The fourth-order valence-electron chi connectivity index (χ4n) is 1.75. The van der Waals surface area contributed by atoms with Gasteiger partial charge in [0.2, 0.25) is 0 Å². The second kappa shape index (κ2) is 10.5. The summed E-state index contributed by atoms with van der Waals surface area (Å²) in [6.07, 6.45) is 13.7. The van der Waals surface area contributed by atoms with E-state index in [-0.39, 0.29) is 0 Å². The van der Waals surface area contributed by atoms with Crippen LogP contribution in [0.1, 0.15) is 53.4 Å². The number of unbranched alkanes of at least 4 members (excludes halogenated alkanes) is 2. The van der Waals surface area contributed by atoms with E-state index < -0.39 is 21.2 Å². The zero-order valence-corrected chi connectivity index (χ0v) is 16.4. The average molecular weight is 382 g/mol. The molecule has 0 saturated carbocycles. The lowest BCUT2D eigenvalue weighted by Crippen LogP contribution is -2.25. The molecule has 0 bridgehead atoms. The number of phosphoric acid groups is 2. The lowest BCUT2D eigenvalue weighted by atomic mass is 9.98. The van der Waals surface area contributed by atoms with Crippen LogP contribution in [0.3, 0.4) is 0 Å². The minimum Gasteiger partial charge on any atom is -0.302 e. The molecule has 0 fully saturated rings. The first-order valence-corrected chi connectivity index (χ1v) is 10.7. The minimum atomic E-state index is -5.12. The van der Waals surface area contributed by atoms with Crippen LogP contribution in [0.2, 0.25) is 0 Å². The van der Waals surface area contributed by atoms with Gasteiger partial charge in [-0.05, 0) is 59.0 Å². The number of phosphoric ester groups is 1. The van der Waals surface area contributed by atoms with Crippen molar-refractivity contribution in [3.05, 3.63) is 36.0 Å². The monoisotopic (exact) mass is 382 g/mol. The average Bonchev–Trinajstić information content (AvgIpc) is 2.37. The van der Waals surface area contributed by atoms with Gasteiger partial charge in [-0.25, -0.2) is 9.13 Å². The van der Waals surface area contributed by atoms with Crippen molar-refractivity contribution in [3.63, 3.8) is 0 Å². The third-order valence-electron chi connectivity index (χ3n) is 3.19. The number of hydrogen-bond donors (Lipinski definition) is 3. The quantitative estimate of drug-likeness (QED) is 0.271. The molecule has 0 radical (unpaired) electrons. The summed E-state index contributed by atoms with van der Waals surface area (Å²) < 4.78 is 31.0. The molecule has 0 aromatic carbocycles. The van der Waals surface area contributed by atoms with Crippen LogP contribution < -0.4 is 0 Å². The number of hydrogen-bond acceptors (Lipinski definition) is 4. The first-order valence-electron chi connectivity index (χ1n) is 7.63. The van der Waals surface area contributed by atoms with E-state index in [2.05, 4.69) is 22.5 Å². The fourth-order valence-corrected chi connectivity index (χ4v) is 3.68. The summed E-state index contributed by atoms with van der Waals surface area (Å²) in [7, 11) is -9.99. The first-order chi connectivity index (χ1) is 10.9. The van der Waals surface area contributed by atoms with E-state index in [0.29, 0.717) is 12.0 Å². The van der Waals surface area contributed by atoms with E-state index in [4.69, 9.17) is 14.3 Å². The molecule has 0 saturated heterocycles. The van der Waals surface area contributed by atoms with E-state index in [9.17, 15) is 14.0 Å². The van der Waals surface area contributed by atoms with Gasteiger partial charge in [-0.1, -0.05) is 30.4 Å². The van der Waals surface area contributed by atoms with Crippen molar-refractivity contribution in [2.75, 3.05) is 0 Å². The van der Waals surface area contributed by atoms with Crippen molar-refractivity contribution in [3.8, 4) is 0 Å². The second-order valence-corrected chi connectivity index (χ2v) is 8.48. The summed E-state index contributed by atoms with van der Waals surface area (Å²) in [6, 6.07) is 0. The Hall–Kier alpha value is -0.520. The third-order valence-corrected chi connectivity index (χ3v) is 5.55. The normalized spacial score (nSPS) is 16.9. The molecule has 0 rings (SSSR count). The highest BCUT2D eigenvalue weighted by molar-refractivity contribution is 7.60. The molecule has 0 aromatic heterocycles. The zero-order valence-electron chi connectivity index (χ0n) is 14.6. The summed E-state index contributed by atoms with van der Waals surface area (Å²) in [4.78, 5) is 26.7. The van der Waals surface area contributed by atoms with Gasteiger partial charge in [0.25, 0.3) is 0 Å². The largest absolute Gasteiger partial charge is 0.481 e. The molecule has 0 aliphatic carbocycles. The van der Waals surface area contributed by atoms with Gasteiger partial charge in [0.05, 0.1) is 5.60 Å². The third kappa shape index (κ3) is 11.9. The van der Waals surface area contributed by atoms with Crippen LogP contribution >= 0.6 is 15.6 Å². The summed E-state index contributed by atoms with van der Waals surface area (Å²) >= 11 is 0. The minimum absolute atomic E-state index is 0.661. The summed E-state index contributed by atoms with van der Waals surface area (Å²) in [6.45, 7) is 6.75. The molecule has 0 aliphatic rings. The van der Waals surface area contributed by atoms with Crippen LogP contribution in [-0.2, 0) is 18.0 Å². The van der Waals surface area contributed by atoms with E-state index in [1.165, 1.54) is 13.8 Å². The maximum Gasteiger partial charge on any atom is 0.481 e. The predicted molar refractivity (Wildman–Crippen MR) is 94.3 cm³/mol. The van der Waals surface area contributed by atoms with E-state index in [1.807, 2.05) is 19.1 Å². The van der Waals surface area contributed by atoms with Gasteiger partial charge in [0.15, 0.2) is 0 Å². The van der Waals surface area contributed by atoms with Gasteiger partial charge >= 0.3 is 15.6 Å².